The van der Waals surface area contributed by atoms with Crippen LogP contribution in [0.3, 0.4) is 0 Å². The van der Waals surface area contributed by atoms with Crippen LogP contribution in [0.5, 0.6) is 0 Å². The van der Waals surface area contributed by atoms with E-state index < -0.39 is 10.0 Å². The zero-order chi connectivity index (χ0) is 19.2. The Morgan fingerprint density at radius 1 is 1.30 bits per heavy atom. The maximum absolute atomic E-state index is 13.1. The Labute approximate surface area is 158 Å². The van der Waals surface area contributed by atoms with Crippen molar-refractivity contribution in [2.75, 3.05) is 38.8 Å². The maximum atomic E-state index is 13.1. The van der Waals surface area contributed by atoms with Crippen molar-refractivity contribution < 1.29 is 17.9 Å². The molecule has 0 aromatic heterocycles. The molecule has 144 valence electrons. The van der Waals surface area contributed by atoms with Gasteiger partial charge in [0.05, 0.1) is 22.7 Å². The average Bonchev–Trinajstić information content (AvgIpc) is 3.22. The molecule has 7 nitrogen and oxygen atoms in total. The van der Waals surface area contributed by atoms with E-state index in [0.717, 1.165) is 25.1 Å². The lowest BCUT2D eigenvalue weighted by molar-refractivity contribution is 0.0999. The molecule has 4 rings (SSSR count). The van der Waals surface area contributed by atoms with Crippen molar-refractivity contribution in [3.8, 4) is 0 Å². The summed E-state index contributed by atoms with van der Waals surface area (Å²) in [6.07, 6.45) is 1.84. The Hall–Kier alpha value is -2.00. The van der Waals surface area contributed by atoms with Gasteiger partial charge in [-0.3, -0.25) is 4.79 Å². The largest absolute Gasteiger partial charge is 0.383 e. The molecular weight excluding hydrogens is 366 g/mol. The van der Waals surface area contributed by atoms with Crippen molar-refractivity contribution in [3.63, 3.8) is 0 Å². The SMILES string of the molecule is COCC1(CNS(=O)(=O)c2ccc3c4c(cccc24)C(=O)N3C)CCCN1. The van der Waals surface area contributed by atoms with Gasteiger partial charge in [0, 0.05) is 37.0 Å². The van der Waals surface area contributed by atoms with Crippen molar-refractivity contribution in [1.29, 1.82) is 0 Å². The number of amides is 1. The Balaban J connectivity index is 1.71. The van der Waals surface area contributed by atoms with Gasteiger partial charge in [-0.05, 0) is 37.6 Å². The van der Waals surface area contributed by atoms with Gasteiger partial charge < -0.3 is 15.0 Å². The van der Waals surface area contributed by atoms with Gasteiger partial charge in [-0.15, -0.1) is 0 Å². The lowest BCUT2D eigenvalue weighted by atomic mass is 9.99. The minimum atomic E-state index is -3.75. The second kappa shape index (κ2) is 6.56. The summed E-state index contributed by atoms with van der Waals surface area (Å²) in [6, 6.07) is 8.48. The lowest BCUT2D eigenvalue weighted by Crippen LogP contribution is -2.52. The number of rotatable bonds is 6. The van der Waals surface area contributed by atoms with Crippen LogP contribution in [0.4, 0.5) is 5.69 Å². The minimum Gasteiger partial charge on any atom is -0.383 e. The van der Waals surface area contributed by atoms with E-state index in [1.54, 1.807) is 49.4 Å². The van der Waals surface area contributed by atoms with Gasteiger partial charge in [0.25, 0.3) is 5.91 Å². The van der Waals surface area contributed by atoms with Crippen molar-refractivity contribution >= 4 is 32.4 Å². The maximum Gasteiger partial charge on any atom is 0.258 e. The first-order valence-electron chi connectivity index (χ1n) is 8.96. The van der Waals surface area contributed by atoms with E-state index in [4.69, 9.17) is 4.74 Å². The van der Waals surface area contributed by atoms with Crippen LogP contribution in [0, 0.1) is 0 Å². The summed E-state index contributed by atoms with van der Waals surface area (Å²) in [4.78, 5) is 14.1. The molecule has 2 heterocycles. The number of hydrogen-bond donors (Lipinski definition) is 2. The molecule has 1 saturated heterocycles. The zero-order valence-electron chi connectivity index (χ0n) is 15.4. The summed E-state index contributed by atoms with van der Waals surface area (Å²) in [5.41, 5.74) is 0.889. The number of ether oxygens (including phenoxy) is 1. The van der Waals surface area contributed by atoms with Crippen molar-refractivity contribution in [3.05, 3.63) is 35.9 Å². The van der Waals surface area contributed by atoms with E-state index in [0.29, 0.717) is 22.9 Å². The first-order valence-corrected chi connectivity index (χ1v) is 10.4. The summed E-state index contributed by atoms with van der Waals surface area (Å²) < 4.78 is 34.2. The summed E-state index contributed by atoms with van der Waals surface area (Å²) >= 11 is 0. The lowest BCUT2D eigenvalue weighted by Gasteiger charge is -2.29. The average molecular weight is 389 g/mol. The van der Waals surface area contributed by atoms with Gasteiger partial charge in [0.2, 0.25) is 10.0 Å². The highest BCUT2D eigenvalue weighted by Crippen LogP contribution is 2.39. The van der Waals surface area contributed by atoms with Crippen LogP contribution >= 0.6 is 0 Å². The molecule has 2 aliphatic rings. The zero-order valence-corrected chi connectivity index (χ0v) is 16.2. The molecule has 2 aliphatic heterocycles. The van der Waals surface area contributed by atoms with E-state index in [-0.39, 0.29) is 22.9 Å². The third-order valence-electron chi connectivity index (χ3n) is 5.52. The molecule has 0 bridgehead atoms. The Morgan fingerprint density at radius 2 is 2.11 bits per heavy atom. The Bertz CT molecular complexity index is 1010. The molecule has 0 spiro atoms. The predicted octanol–water partition coefficient (Wildman–Crippen LogP) is 1.48. The molecular formula is C19H23N3O4S. The molecule has 1 amide bonds. The third kappa shape index (κ3) is 2.93. The highest BCUT2D eigenvalue weighted by Gasteiger charge is 2.36. The number of sulfonamides is 1. The molecule has 27 heavy (non-hydrogen) atoms. The molecule has 8 heteroatoms. The third-order valence-corrected chi connectivity index (χ3v) is 6.98. The molecule has 2 aromatic carbocycles. The fourth-order valence-corrected chi connectivity index (χ4v) is 5.45. The first-order chi connectivity index (χ1) is 12.9. The molecule has 0 saturated carbocycles. The first kappa shape index (κ1) is 18.4. The number of anilines is 1. The quantitative estimate of drug-likeness (QED) is 0.781. The van der Waals surface area contributed by atoms with Gasteiger partial charge in [-0.1, -0.05) is 12.1 Å². The van der Waals surface area contributed by atoms with Crippen LogP contribution in [-0.2, 0) is 14.8 Å². The van der Waals surface area contributed by atoms with Crippen LogP contribution in [-0.4, -0.2) is 53.7 Å². The monoisotopic (exact) mass is 389 g/mol. The van der Waals surface area contributed by atoms with Crippen LogP contribution in [0.25, 0.3) is 10.8 Å². The summed E-state index contributed by atoms with van der Waals surface area (Å²) in [5, 5.41) is 4.63. The van der Waals surface area contributed by atoms with Gasteiger partial charge in [-0.2, -0.15) is 0 Å². The number of benzene rings is 2. The second-order valence-electron chi connectivity index (χ2n) is 7.24. The highest BCUT2D eigenvalue weighted by molar-refractivity contribution is 7.89. The Kier molecular flexibility index (Phi) is 4.46. The summed E-state index contributed by atoms with van der Waals surface area (Å²) in [6.45, 7) is 1.55. The van der Waals surface area contributed by atoms with Crippen LogP contribution in [0.2, 0.25) is 0 Å². The van der Waals surface area contributed by atoms with Gasteiger partial charge in [-0.25, -0.2) is 13.1 Å². The van der Waals surface area contributed by atoms with Crippen LogP contribution in [0.15, 0.2) is 35.2 Å². The number of nitrogens with zero attached hydrogens (tertiary/aromatic N) is 1. The van der Waals surface area contributed by atoms with Gasteiger partial charge in [0.15, 0.2) is 0 Å². The van der Waals surface area contributed by atoms with Gasteiger partial charge >= 0.3 is 0 Å². The van der Waals surface area contributed by atoms with Crippen molar-refractivity contribution in [1.82, 2.24) is 10.0 Å². The standard InChI is InChI=1S/C19H23N3O4S/c1-22-15-7-8-16(13-5-3-6-14(17(13)15)18(22)23)27(24,25)21-11-19(12-26-2)9-4-10-20-19/h3,5-8,20-21H,4,9-12H2,1-2H3. The highest BCUT2D eigenvalue weighted by atomic mass is 32.2. The van der Waals surface area contributed by atoms with Gasteiger partial charge in [0.1, 0.15) is 0 Å². The number of nitrogens with one attached hydrogen (secondary N) is 2. The Morgan fingerprint density at radius 3 is 2.81 bits per heavy atom. The fourth-order valence-electron chi connectivity index (χ4n) is 4.12. The minimum absolute atomic E-state index is 0.118. The van der Waals surface area contributed by atoms with E-state index in [1.807, 2.05) is 0 Å². The molecule has 1 unspecified atom stereocenters. The molecule has 2 aromatic rings. The van der Waals surface area contributed by atoms with Crippen molar-refractivity contribution in [2.45, 2.75) is 23.3 Å². The van der Waals surface area contributed by atoms with Crippen LogP contribution < -0.4 is 14.9 Å². The number of methoxy groups -OCH3 is 1. The molecule has 0 aliphatic carbocycles. The summed E-state index contributed by atoms with van der Waals surface area (Å²) in [7, 11) is -0.431. The molecule has 2 N–H and O–H groups in total. The van der Waals surface area contributed by atoms with E-state index in [2.05, 4.69) is 10.0 Å². The molecule has 0 radical (unpaired) electrons. The topological polar surface area (TPSA) is 87.7 Å². The van der Waals surface area contributed by atoms with E-state index >= 15 is 0 Å². The molecule has 1 fully saturated rings. The molecule has 1 atom stereocenters. The predicted molar refractivity (Wildman–Crippen MR) is 104 cm³/mol. The smallest absolute Gasteiger partial charge is 0.258 e. The number of carbonyl (C=O) groups is 1. The van der Waals surface area contributed by atoms with E-state index in [1.165, 1.54) is 0 Å². The number of carbonyl (C=O) groups excluding carboxylic acids is 1. The van der Waals surface area contributed by atoms with Crippen LogP contribution in [0.1, 0.15) is 23.2 Å². The van der Waals surface area contributed by atoms with E-state index in [9.17, 15) is 13.2 Å². The summed E-state index contributed by atoms with van der Waals surface area (Å²) in [5.74, 6) is -0.118. The number of hydrogen-bond acceptors (Lipinski definition) is 5. The second-order valence-corrected chi connectivity index (χ2v) is 8.98. The fraction of sp³-hybridized carbons (Fsp3) is 0.421. The normalized spacial score (nSPS) is 22.1. The van der Waals surface area contributed by atoms with Crippen molar-refractivity contribution in [2.24, 2.45) is 0 Å².